The van der Waals surface area contributed by atoms with Crippen molar-refractivity contribution in [1.29, 1.82) is 0 Å². The molecule has 2 rings (SSSR count). The summed E-state index contributed by atoms with van der Waals surface area (Å²) in [4.78, 5) is 11.9. The second-order valence-corrected chi connectivity index (χ2v) is 4.67. The van der Waals surface area contributed by atoms with Gasteiger partial charge in [0.05, 0.1) is 0 Å². The molecule has 0 unspecified atom stereocenters. The number of nitrogen functional groups attached to an aromatic ring is 1. The van der Waals surface area contributed by atoms with Crippen LogP contribution in [0.1, 0.15) is 16.1 Å². The number of anilines is 2. The van der Waals surface area contributed by atoms with E-state index in [4.69, 9.17) is 5.73 Å². The third kappa shape index (κ3) is 2.84. The summed E-state index contributed by atoms with van der Waals surface area (Å²) in [5, 5.41) is 10.1. The van der Waals surface area contributed by atoms with E-state index in [1.165, 1.54) is 12.1 Å². The van der Waals surface area contributed by atoms with Gasteiger partial charge >= 0.3 is 0 Å². The zero-order chi connectivity index (χ0) is 13.1. The number of hydrogen-bond acceptors (Lipinski definition) is 4. The molecule has 3 N–H and O–H groups in total. The van der Waals surface area contributed by atoms with Crippen molar-refractivity contribution in [3.63, 3.8) is 0 Å². The number of nitrogens with one attached hydrogen (secondary N) is 1. The molecule has 1 amide bonds. The number of hydrogen-bond donors (Lipinski definition) is 2. The van der Waals surface area contributed by atoms with Crippen LogP contribution in [0.3, 0.4) is 0 Å². The molecule has 0 bridgehead atoms. The molecule has 0 spiro atoms. The average Bonchev–Trinajstić information content (AvgIpc) is 2.34. The van der Waals surface area contributed by atoms with Gasteiger partial charge in [-0.15, -0.1) is 10.2 Å². The van der Waals surface area contributed by atoms with Crippen molar-refractivity contribution in [3.8, 4) is 0 Å². The number of aromatic nitrogens is 2. The lowest BCUT2D eigenvalue weighted by molar-refractivity contribution is 0.102. The summed E-state index contributed by atoms with van der Waals surface area (Å²) in [5.74, 6) is -0.0334. The molecule has 0 saturated heterocycles. The first-order valence-corrected chi connectivity index (χ1v) is 6.02. The van der Waals surface area contributed by atoms with Gasteiger partial charge in [0.25, 0.3) is 5.91 Å². The Hall–Kier alpha value is -1.95. The van der Waals surface area contributed by atoms with E-state index in [2.05, 4.69) is 31.4 Å². The molecule has 1 aromatic heterocycles. The summed E-state index contributed by atoms with van der Waals surface area (Å²) in [6.45, 7) is 1.91. The average molecular weight is 307 g/mol. The Morgan fingerprint density at radius 3 is 2.72 bits per heavy atom. The summed E-state index contributed by atoms with van der Waals surface area (Å²) in [6.07, 6.45) is 0. The van der Waals surface area contributed by atoms with Crippen molar-refractivity contribution >= 4 is 33.3 Å². The van der Waals surface area contributed by atoms with E-state index < -0.39 is 0 Å². The standard InChI is InChI=1S/C12H11BrN4O/c1-7-2-3-8(13)6-10(7)15-12(18)9-4-5-11(14)17-16-9/h2-6H,1H3,(H2,14,17)(H,15,18). The fraction of sp³-hybridized carbons (Fsp3) is 0.0833. The number of benzene rings is 1. The number of carbonyl (C=O) groups excluding carboxylic acids is 1. The van der Waals surface area contributed by atoms with Gasteiger partial charge in [0, 0.05) is 10.2 Å². The highest BCUT2D eigenvalue weighted by Crippen LogP contribution is 2.21. The van der Waals surface area contributed by atoms with Gasteiger partial charge in [-0.2, -0.15) is 0 Å². The van der Waals surface area contributed by atoms with Crippen LogP contribution in [0.2, 0.25) is 0 Å². The van der Waals surface area contributed by atoms with Gasteiger partial charge in [0.15, 0.2) is 5.69 Å². The number of nitrogens with zero attached hydrogens (tertiary/aromatic N) is 2. The first-order valence-electron chi connectivity index (χ1n) is 5.23. The molecule has 0 aliphatic carbocycles. The zero-order valence-corrected chi connectivity index (χ0v) is 11.2. The van der Waals surface area contributed by atoms with Crippen LogP contribution in [0.25, 0.3) is 0 Å². The van der Waals surface area contributed by atoms with Crippen LogP contribution in [0.5, 0.6) is 0 Å². The highest BCUT2D eigenvalue weighted by Gasteiger charge is 2.09. The number of rotatable bonds is 2. The van der Waals surface area contributed by atoms with Crippen molar-refractivity contribution in [1.82, 2.24) is 10.2 Å². The Morgan fingerprint density at radius 1 is 1.28 bits per heavy atom. The van der Waals surface area contributed by atoms with Crippen molar-refractivity contribution < 1.29 is 4.79 Å². The molecule has 1 aromatic carbocycles. The maximum Gasteiger partial charge on any atom is 0.276 e. The fourth-order valence-corrected chi connectivity index (χ4v) is 1.74. The van der Waals surface area contributed by atoms with Crippen LogP contribution < -0.4 is 11.1 Å². The van der Waals surface area contributed by atoms with Crippen LogP contribution in [-0.2, 0) is 0 Å². The predicted octanol–water partition coefficient (Wildman–Crippen LogP) is 2.38. The van der Waals surface area contributed by atoms with Gasteiger partial charge in [-0.1, -0.05) is 22.0 Å². The van der Waals surface area contributed by atoms with Crippen molar-refractivity contribution in [2.45, 2.75) is 6.92 Å². The number of aryl methyl sites for hydroxylation is 1. The third-order valence-electron chi connectivity index (χ3n) is 2.37. The topological polar surface area (TPSA) is 80.9 Å². The van der Waals surface area contributed by atoms with E-state index in [9.17, 15) is 4.79 Å². The first kappa shape index (κ1) is 12.5. The molecule has 0 atom stereocenters. The molecule has 6 heteroatoms. The third-order valence-corrected chi connectivity index (χ3v) is 2.86. The van der Waals surface area contributed by atoms with Crippen LogP contribution >= 0.6 is 15.9 Å². The molecular formula is C12H11BrN4O. The van der Waals surface area contributed by atoms with Crippen molar-refractivity contribution in [2.24, 2.45) is 0 Å². The second kappa shape index (κ2) is 5.14. The van der Waals surface area contributed by atoms with Gasteiger partial charge in [0.2, 0.25) is 0 Å². The van der Waals surface area contributed by atoms with Crippen molar-refractivity contribution in [2.75, 3.05) is 11.1 Å². The van der Waals surface area contributed by atoms with E-state index >= 15 is 0 Å². The molecule has 1 heterocycles. The SMILES string of the molecule is Cc1ccc(Br)cc1NC(=O)c1ccc(N)nn1. The van der Waals surface area contributed by atoms with Crippen LogP contribution in [0.4, 0.5) is 11.5 Å². The molecule has 18 heavy (non-hydrogen) atoms. The molecular weight excluding hydrogens is 296 g/mol. The largest absolute Gasteiger partial charge is 0.382 e. The lowest BCUT2D eigenvalue weighted by atomic mass is 10.2. The lowest BCUT2D eigenvalue weighted by Crippen LogP contribution is -2.15. The molecule has 5 nitrogen and oxygen atoms in total. The van der Waals surface area contributed by atoms with Crippen molar-refractivity contribution in [3.05, 3.63) is 46.1 Å². The summed E-state index contributed by atoms with van der Waals surface area (Å²) in [7, 11) is 0. The summed E-state index contributed by atoms with van der Waals surface area (Å²) in [6, 6.07) is 8.72. The Balaban J connectivity index is 2.21. The summed E-state index contributed by atoms with van der Waals surface area (Å²) in [5.41, 5.74) is 7.33. The zero-order valence-electron chi connectivity index (χ0n) is 9.64. The minimum Gasteiger partial charge on any atom is -0.382 e. The number of nitrogens with two attached hydrogens (primary N) is 1. The summed E-state index contributed by atoms with van der Waals surface area (Å²) < 4.78 is 0.895. The maximum atomic E-state index is 11.9. The predicted molar refractivity (Wildman–Crippen MR) is 73.3 cm³/mol. The highest BCUT2D eigenvalue weighted by atomic mass is 79.9. The van der Waals surface area contributed by atoms with E-state index in [1.807, 2.05) is 25.1 Å². The molecule has 92 valence electrons. The molecule has 2 aromatic rings. The minimum atomic E-state index is -0.316. The van der Waals surface area contributed by atoms with E-state index in [1.54, 1.807) is 0 Å². The Morgan fingerprint density at radius 2 is 2.06 bits per heavy atom. The molecule has 0 saturated carbocycles. The van der Waals surface area contributed by atoms with Gasteiger partial charge < -0.3 is 11.1 Å². The second-order valence-electron chi connectivity index (χ2n) is 3.76. The van der Waals surface area contributed by atoms with Crippen LogP contribution in [0, 0.1) is 6.92 Å². The Labute approximate surface area is 113 Å². The van der Waals surface area contributed by atoms with Gasteiger partial charge in [0.1, 0.15) is 5.82 Å². The number of halogens is 1. The van der Waals surface area contributed by atoms with Gasteiger partial charge in [-0.25, -0.2) is 0 Å². The molecule has 0 fully saturated rings. The number of carbonyl (C=O) groups is 1. The first-order chi connectivity index (χ1) is 8.56. The quantitative estimate of drug-likeness (QED) is 0.892. The highest BCUT2D eigenvalue weighted by molar-refractivity contribution is 9.10. The fourth-order valence-electron chi connectivity index (χ4n) is 1.38. The summed E-state index contributed by atoms with van der Waals surface area (Å²) >= 11 is 3.36. The van der Waals surface area contributed by atoms with Crippen LogP contribution in [-0.4, -0.2) is 16.1 Å². The van der Waals surface area contributed by atoms with E-state index in [0.29, 0.717) is 0 Å². The molecule has 0 aliphatic rings. The van der Waals surface area contributed by atoms with E-state index in [-0.39, 0.29) is 17.4 Å². The van der Waals surface area contributed by atoms with Gasteiger partial charge in [-0.3, -0.25) is 4.79 Å². The maximum absolute atomic E-state index is 11.9. The molecule has 0 radical (unpaired) electrons. The Bertz CT molecular complexity index is 583. The minimum absolute atomic E-state index is 0.226. The lowest BCUT2D eigenvalue weighted by Gasteiger charge is -2.08. The van der Waals surface area contributed by atoms with Crippen LogP contribution in [0.15, 0.2) is 34.8 Å². The smallest absolute Gasteiger partial charge is 0.276 e. The van der Waals surface area contributed by atoms with E-state index in [0.717, 1.165) is 15.7 Å². The number of amides is 1. The normalized spacial score (nSPS) is 10.1. The Kier molecular flexibility index (Phi) is 3.57. The van der Waals surface area contributed by atoms with Gasteiger partial charge in [-0.05, 0) is 36.8 Å². The monoisotopic (exact) mass is 306 g/mol. The molecule has 0 aliphatic heterocycles.